The second kappa shape index (κ2) is 43.2. The van der Waals surface area contributed by atoms with E-state index in [9.17, 15) is 75.7 Å². The lowest BCUT2D eigenvalue weighted by molar-refractivity contribution is -0.386. The van der Waals surface area contributed by atoms with E-state index >= 15 is 0 Å². The molecule has 0 aromatic carbocycles. The topological polar surface area (TPSA) is 373 Å². The lowest BCUT2D eigenvalue weighted by atomic mass is 9.88. The minimum absolute atomic E-state index is 0.203. The number of amides is 2. The van der Waals surface area contributed by atoms with Gasteiger partial charge < -0.3 is 100 Å². The largest absolute Gasteiger partial charge is 0.477 e. The summed E-state index contributed by atoms with van der Waals surface area (Å²) < 4.78 is 34.7. The van der Waals surface area contributed by atoms with E-state index in [1.54, 1.807) is 6.08 Å². The number of rotatable bonds is 47. The number of allylic oxidation sites excluding steroid dienone is 1. The number of carbonyl (C=O) groups excluding carboxylic acids is 2. The number of nitrogens with one attached hydrogen (secondary N) is 2. The highest BCUT2D eigenvalue weighted by Gasteiger charge is 2.60. The Morgan fingerprint density at radius 2 is 1.11 bits per heavy atom. The van der Waals surface area contributed by atoms with Crippen LogP contribution < -0.4 is 10.6 Å². The Balaban J connectivity index is 1.63. The molecule has 3 saturated heterocycles. The first kappa shape index (κ1) is 75.7. The molecule has 0 bridgehead atoms. The van der Waals surface area contributed by atoms with Crippen molar-refractivity contribution in [2.45, 2.75) is 330 Å². The van der Waals surface area contributed by atoms with Gasteiger partial charge in [0.15, 0.2) is 12.6 Å². The molecule has 0 aromatic rings. The van der Waals surface area contributed by atoms with Gasteiger partial charge in [0.05, 0.1) is 50.7 Å². The summed E-state index contributed by atoms with van der Waals surface area (Å²) in [4.78, 5) is 38.4. The van der Waals surface area contributed by atoms with Gasteiger partial charge in [-0.1, -0.05) is 193 Å². The molecule has 18 atom stereocenters. The molecule has 3 aliphatic rings. The lowest BCUT2D eigenvalue weighted by Gasteiger charge is -2.50. The van der Waals surface area contributed by atoms with Crippen LogP contribution in [0.3, 0.4) is 0 Å². The number of aliphatic hydroxyl groups is 11. The quantitative estimate of drug-likeness (QED) is 0.0303. The third-order valence-electron chi connectivity index (χ3n) is 16.5. The maximum absolute atomic E-state index is 13.3. The van der Waals surface area contributed by atoms with Gasteiger partial charge in [-0.25, -0.2) is 4.79 Å². The summed E-state index contributed by atoms with van der Waals surface area (Å²) in [5.41, 5.74) is 0. The van der Waals surface area contributed by atoms with Gasteiger partial charge in [0.25, 0.3) is 5.79 Å². The van der Waals surface area contributed by atoms with Gasteiger partial charge in [-0.05, 0) is 19.3 Å². The molecule has 3 heterocycles. The number of ether oxygens (including phenoxy) is 6. The molecule has 0 aromatic heterocycles. The molecule has 492 valence electrons. The van der Waals surface area contributed by atoms with Crippen LogP contribution in [0.1, 0.15) is 220 Å². The Hall–Kier alpha value is -2.53. The van der Waals surface area contributed by atoms with E-state index in [1.807, 2.05) is 6.08 Å². The first-order valence-corrected chi connectivity index (χ1v) is 32.1. The Morgan fingerprint density at radius 1 is 0.619 bits per heavy atom. The third kappa shape index (κ3) is 26.7. The van der Waals surface area contributed by atoms with Crippen LogP contribution in [0.4, 0.5) is 0 Å². The second-order valence-electron chi connectivity index (χ2n) is 23.6. The minimum atomic E-state index is -3.08. The van der Waals surface area contributed by atoms with Crippen LogP contribution in [0.25, 0.3) is 0 Å². The standard InChI is InChI=1S/C61H112N2O21/c1-4-6-8-10-12-14-16-17-18-19-20-21-22-23-24-25-26-28-30-32-34-43(68)42(63-48(71)35-33-31-29-27-15-13-11-9-7-5-2)40-79-58-53(75)52(74)55(47(39-66)81-58)82-59-54(76)57(51(73)46(38-65)80-59)84-61(60(77)78)36-44(69)49(62-41(3)67)56(83-61)50(72)45(70)37-64/h32,34,42-47,49-59,64-66,68-70,72-76H,4-31,33,35-40H2,1-3H3,(H,62,67)(H,63,71)(H,77,78)/b34-32+. The van der Waals surface area contributed by atoms with Gasteiger partial charge in [0, 0.05) is 19.8 Å². The number of aliphatic hydroxyl groups excluding tert-OH is 11. The number of carboxylic acids is 1. The number of carboxylic acid groups (broad SMARTS) is 1. The number of hydrogen-bond donors (Lipinski definition) is 14. The molecule has 2 amide bonds. The zero-order chi connectivity index (χ0) is 61.9. The molecule has 0 saturated carbocycles. The Labute approximate surface area is 499 Å². The van der Waals surface area contributed by atoms with Crippen molar-refractivity contribution in [2.75, 3.05) is 26.4 Å². The summed E-state index contributed by atoms with van der Waals surface area (Å²) in [6.07, 6.45) is 8.56. The monoisotopic (exact) mass is 1210 g/mol. The SMILES string of the molecule is CCCCCCCCCCCCCCCCCCCC/C=C/C(O)C(COC1OC(CO)C(OC2OC(CO)C(O)C(OC3(C(=O)O)CC(O)C(NC(C)=O)C(C(O)C(O)CO)O3)C2O)C(O)C1O)NC(=O)CCCCCCCCCCCC. The highest BCUT2D eigenvalue weighted by molar-refractivity contribution is 5.77. The van der Waals surface area contributed by atoms with Crippen molar-refractivity contribution in [2.24, 2.45) is 0 Å². The van der Waals surface area contributed by atoms with Crippen LogP contribution in [0.5, 0.6) is 0 Å². The fourth-order valence-corrected chi connectivity index (χ4v) is 11.3. The molecular weight excluding hydrogens is 1100 g/mol. The van der Waals surface area contributed by atoms with Gasteiger partial charge in [-0.15, -0.1) is 0 Å². The molecule has 0 radical (unpaired) electrons. The summed E-state index contributed by atoms with van der Waals surface area (Å²) in [6, 6.07) is -2.61. The molecule has 14 N–H and O–H groups in total. The molecular formula is C61H112N2O21. The van der Waals surface area contributed by atoms with Crippen molar-refractivity contribution in [3.8, 4) is 0 Å². The van der Waals surface area contributed by atoms with E-state index in [-0.39, 0.29) is 12.3 Å². The van der Waals surface area contributed by atoms with E-state index in [0.717, 1.165) is 51.9 Å². The van der Waals surface area contributed by atoms with E-state index in [1.165, 1.54) is 128 Å². The summed E-state index contributed by atoms with van der Waals surface area (Å²) in [6.45, 7) is 2.10. The van der Waals surface area contributed by atoms with E-state index in [2.05, 4.69) is 24.5 Å². The molecule has 23 heteroatoms. The normalized spacial score (nSPS) is 29.8. The van der Waals surface area contributed by atoms with Gasteiger partial charge in [0.2, 0.25) is 11.8 Å². The summed E-state index contributed by atoms with van der Waals surface area (Å²) in [5.74, 6) is -6.14. The molecule has 3 aliphatic heterocycles. The smallest absolute Gasteiger partial charge is 0.364 e. The van der Waals surface area contributed by atoms with Crippen LogP contribution >= 0.6 is 0 Å². The average molecular weight is 1210 g/mol. The van der Waals surface area contributed by atoms with Gasteiger partial charge in [0.1, 0.15) is 67.1 Å². The maximum Gasteiger partial charge on any atom is 0.364 e. The first-order valence-electron chi connectivity index (χ1n) is 32.1. The van der Waals surface area contributed by atoms with Crippen molar-refractivity contribution in [1.29, 1.82) is 0 Å². The zero-order valence-corrected chi connectivity index (χ0v) is 50.8. The first-order chi connectivity index (χ1) is 40.4. The molecule has 0 spiro atoms. The van der Waals surface area contributed by atoms with Crippen LogP contribution in [0, 0.1) is 0 Å². The van der Waals surface area contributed by atoms with Gasteiger partial charge in [-0.2, -0.15) is 0 Å². The predicted octanol–water partition coefficient (Wildman–Crippen LogP) is 3.95. The number of aliphatic carboxylic acids is 1. The van der Waals surface area contributed by atoms with Crippen LogP contribution in [-0.4, -0.2) is 215 Å². The highest BCUT2D eigenvalue weighted by atomic mass is 16.8. The van der Waals surface area contributed by atoms with E-state index < -0.39 is 155 Å². The Bertz CT molecular complexity index is 1770. The summed E-state index contributed by atoms with van der Waals surface area (Å²) in [5, 5.41) is 135. The molecule has 84 heavy (non-hydrogen) atoms. The van der Waals surface area contributed by atoms with E-state index in [0.29, 0.717) is 12.8 Å². The van der Waals surface area contributed by atoms with Crippen molar-refractivity contribution < 1.29 is 104 Å². The average Bonchev–Trinajstić information content (AvgIpc) is 1.76. The van der Waals surface area contributed by atoms with E-state index in [4.69, 9.17) is 28.4 Å². The van der Waals surface area contributed by atoms with Gasteiger partial charge in [-0.3, -0.25) is 9.59 Å². The number of unbranched alkanes of at least 4 members (excludes halogenated alkanes) is 27. The summed E-state index contributed by atoms with van der Waals surface area (Å²) >= 11 is 0. The van der Waals surface area contributed by atoms with Crippen LogP contribution in [-0.2, 0) is 42.8 Å². The highest BCUT2D eigenvalue weighted by Crippen LogP contribution is 2.38. The summed E-state index contributed by atoms with van der Waals surface area (Å²) in [7, 11) is 0. The Morgan fingerprint density at radius 3 is 1.58 bits per heavy atom. The third-order valence-corrected chi connectivity index (χ3v) is 16.5. The Kier molecular flexibility index (Phi) is 38.9. The molecule has 23 nitrogen and oxygen atoms in total. The van der Waals surface area contributed by atoms with Crippen molar-refractivity contribution in [1.82, 2.24) is 10.6 Å². The molecule has 0 aliphatic carbocycles. The predicted molar refractivity (Wildman–Crippen MR) is 311 cm³/mol. The molecule has 3 rings (SSSR count). The zero-order valence-electron chi connectivity index (χ0n) is 50.8. The minimum Gasteiger partial charge on any atom is -0.477 e. The molecule has 18 unspecified atom stereocenters. The van der Waals surface area contributed by atoms with Crippen LogP contribution in [0.2, 0.25) is 0 Å². The molecule has 3 fully saturated rings. The second-order valence-corrected chi connectivity index (χ2v) is 23.6. The van der Waals surface area contributed by atoms with Crippen molar-refractivity contribution >= 4 is 17.8 Å². The fourth-order valence-electron chi connectivity index (χ4n) is 11.3. The maximum atomic E-state index is 13.3. The van der Waals surface area contributed by atoms with Crippen molar-refractivity contribution in [3.05, 3.63) is 12.2 Å². The van der Waals surface area contributed by atoms with Crippen LogP contribution in [0.15, 0.2) is 12.2 Å². The van der Waals surface area contributed by atoms with Crippen molar-refractivity contribution in [3.63, 3.8) is 0 Å². The van der Waals surface area contributed by atoms with Gasteiger partial charge >= 0.3 is 5.97 Å². The number of hydrogen-bond acceptors (Lipinski definition) is 20. The number of carbonyl (C=O) groups is 3. The fraction of sp³-hybridized carbons (Fsp3) is 0.918. The lowest BCUT2D eigenvalue weighted by Crippen LogP contribution is -2.70.